The molecule has 334 valence electrons. The fourth-order valence-corrected chi connectivity index (χ4v) is 11.5. The second-order valence-corrected chi connectivity index (χ2v) is 19.2. The van der Waals surface area contributed by atoms with Crippen LogP contribution in [0, 0.1) is 11.8 Å². The third kappa shape index (κ3) is 8.39. The van der Waals surface area contributed by atoms with E-state index in [0.717, 1.165) is 54.9 Å². The molecule has 12 heteroatoms. The highest BCUT2D eigenvalue weighted by Gasteiger charge is 2.54. The zero-order valence-corrected chi connectivity index (χ0v) is 38.1. The Bertz CT molecular complexity index is 2520. The molecule has 5 aromatic rings. The molecule has 2 fully saturated rings. The number of piperazine rings is 1. The van der Waals surface area contributed by atoms with Crippen LogP contribution in [-0.2, 0) is 23.1 Å². The van der Waals surface area contributed by atoms with Crippen LogP contribution in [-0.4, -0.2) is 81.8 Å². The van der Waals surface area contributed by atoms with E-state index in [0.29, 0.717) is 85.7 Å². The summed E-state index contributed by atoms with van der Waals surface area (Å²) in [7, 11) is 1.65. The van der Waals surface area contributed by atoms with E-state index in [2.05, 4.69) is 48.1 Å². The molecule has 1 amide bonds. The van der Waals surface area contributed by atoms with Crippen molar-refractivity contribution in [1.82, 2.24) is 19.9 Å². The maximum atomic E-state index is 14.6. The molecule has 1 spiro atoms. The molecular formula is C52H59ClN6O5. The zero-order chi connectivity index (χ0) is 44.6. The smallest absolute Gasteiger partial charge is 0.329 e. The molecule has 64 heavy (non-hydrogen) atoms. The number of para-hydroxylation sites is 1. The van der Waals surface area contributed by atoms with Crippen LogP contribution in [0.5, 0.6) is 11.5 Å². The Morgan fingerprint density at radius 3 is 2.55 bits per heavy atom. The minimum atomic E-state index is -1.14. The average molecular weight is 884 g/mol. The number of ether oxygens (including phenoxy) is 2. The van der Waals surface area contributed by atoms with E-state index in [-0.39, 0.29) is 29.2 Å². The van der Waals surface area contributed by atoms with Crippen molar-refractivity contribution in [3.63, 3.8) is 0 Å². The van der Waals surface area contributed by atoms with Crippen LogP contribution < -0.4 is 19.7 Å². The van der Waals surface area contributed by atoms with Crippen LogP contribution in [0.4, 0.5) is 11.5 Å². The van der Waals surface area contributed by atoms with Crippen molar-refractivity contribution in [1.29, 1.82) is 0 Å². The summed E-state index contributed by atoms with van der Waals surface area (Å²) in [5, 5.41) is 14.8. The van der Waals surface area contributed by atoms with Gasteiger partial charge >= 0.3 is 5.97 Å². The molecule has 2 aromatic heterocycles. The molecule has 1 saturated carbocycles. The fraction of sp³-hybridized carbons (Fsp3) is 0.442. The van der Waals surface area contributed by atoms with Crippen LogP contribution in [0.3, 0.4) is 0 Å². The first-order chi connectivity index (χ1) is 31.0. The fourth-order valence-electron chi connectivity index (χ4n) is 11.3. The van der Waals surface area contributed by atoms with Gasteiger partial charge in [-0.3, -0.25) is 9.78 Å². The van der Waals surface area contributed by atoms with E-state index in [4.69, 9.17) is 31.0 Å². The molecule has 4 aliphatic rings. The van der Waals surface area contributed by atoms with Gasteiger partial charge in [0, 0.05) is 65.6 Å². The van der Waals surface area contributed by atoms with Crippen LogP contribution in [0.1, 0.15) is 104 Å². The SMILES string of the molecule is COc1ccccc1-c1nccc(N2CCN(C(=O)c3ccc4c(c3)C3(CCC(Nc5cccc(Cl)c5)(C(=O)O)CC3)C(C[C@@H](C)COc3ccnc5c3[C@H](C)CCC5)C4)[C@@H](C)C2)n1. The van der Waals surface area contributed by atoms with E-state index in [9.17, 15) is 14.7 Å². The van der Waals surface area contributed by atoms with Gasteiger partial charge in [-0.15, -0.1) is 0 Å². The number of methoxy groups -OCH3 is 1. The molecular weight excluding hydrogens is 824 g/mol. The summed E-state index contributed by atoms with van der Waals surface area (Å²) < 4.78 is 12.2. The molecule has 0 bridgehead atoms. The molecule has 11 nitrogen and oxygen atoms in total. The Balaban J connectivity index is 0.953. The number of aryl methyl sites for hydroxylation is 1. The summed E-state index contributed by atoms with van der Waals surface area (Å²) in [5.41, 5.74) is 5.65. The molecule has 9 rings (SSSR count). The van der Waals surface area contributed by atoms with Crippen molar-refractivity contribution in [3.8, 4) is 22.9 Å². The Morgan fingerprint density at radius 2 is 1.77 bits per heavy atom. The molecule has 1 aliphatic heterocycles. The van der Waals surface area contributed by atoms with Crippen LogP contribution >= 0.6 is 11.6 Å². The Kier molecular flexibility index (Phi) is 12.3. The molecule has 2 N–H and O–H groups in total. The molecule has 0 radical (unpaired) electrons. The van der Waals surface area contributed by atoms with E-state index < -0.39 is 11.5 Å². The largest absolute Gasteiger partial charge is 0.496 e. The van der Waals surface area contributed by atoms with Crippen LogP contribution in [0.25, 0.3) is 11.4 Å². The first-order valence-corrected chi connectivity index (χ1v) is 23.4. The number of aromatic nitrogens is 3. The number of halogens is 1. The second-order valence-electron chi connectivity index (χ2n) is 18.8. The number of pyridine rings is 1. The van der Waals surface area contributed by atoms with E-state index >= 15 is 0 Å². The van der Waals surface area contributed by atoms with Gasteiger partial charge in [-0.1, -0.05) is 49.7 Å². The maximum absolute atomic E-state index is 14.6. The lowest BCUT2D eigenvalue weighted by Gasteiger charge is -2.47. The quantitative estimate of drug-likeness (QED) is 0.125. The lowest BCUT2D eigenvalue weighted by atomic mass is 9.59. The number of nitrogens with zero attached hydrogens (tertiary/aromatic N) is 5. The number of hydrogen-bond donors (Lipinski definition) is 2. The summed E-state index contributed by atoms with van der Waals surface area (Å²) in [6.07, 6.45) is 11.0. The van der Waals surface area contributed by atoms with Gasteiger partial charge in [0.15, 0.2) is 5.82 Å². The number of aliphatic carboxylic acids is 1. The van der Waals surface area contributed by atoms with Crippen molar-refractivity contribution >= 4 is 35.0 Å². The highest BCUT2D eigenvalue weighted by atomic mass is 35.5. The normalized spacial score (nSPS) is 24.4. The van der Waals surface area contributed by atoms with Crippen molar-refractivity contribution in [2.45, 2.75) is 101 Å². The van der Waals surface area contributed by atoms with Gasteiger partial charge in [-0.2, -0.15) is 0 Å². The average Bonchev–Trinajstić information content (AvgIpc) is 3.59. The Hall–Kier alpha value is -5.68. The third-order valence-corrected chi connectivity index (χ3v) is 15.0. The molecule has 1 saturated heterocycles. The summed E-state index contributed by atoms with van der Waals surface area (Å²) in [6.45, 7) is 9.04. The Labute approximate surface area is 381 Å². The van der Waals surface area contributed by atoms with Crippen molar-refractivity contribution < 1.29 is 24.2 Å². The summed E-state index contributed by atoms with van der Waals surface area (Å²) in [6, 6.07) is 25.2. The maximum Gasteiger partial charge on any atom is 0.329 e. The van der Waals surface area contributed by atoms with Crippen molar-refractivity contribution in [2.75, 3.05) is 43.6 Å². The number of carboxylic acids is 1. The number of fused-ring (bicyclic) bond motifs is 3. The minimum absolute atomic E-state index is 0.0148. The molecule has 4 atom stereocenters. The standard InChI is InChI=1S/C52H59ClN6O5/c1-33(32-64-45-17-23-54-43-13-7-9-34(2)47(43)45)27-38-28-36-15-16-37(29-42(36)51(38)19-21-52(22-20-51,50(61)62)57-40-11-8-10-39(53)30-40)49(60)59-26-25-58(31-35(59)3)46-18-24-55-48(56-46)41-12-5-6-14-44(41)63-4/h5-6,8,10-12,14-18,23-24,29-30,33-35,38,57H,7,9,13,19-22,25-28,31-32H2,1-4H3,(H,61,62)/t33-,34-,35+,38?,51?,52?/m1/s1. The number of hydrogen-bond acceptors (Lipinski definition) is 9. The predicted octanol–water partition coefficient (Wildman–Crippen LogP) is 10.0. The van der Waals surface area contributed by atoms with E-state index in [1.807, 2.05) is 65.7 Å². The first kappa shape index (κ1) is 43.6. The number of nitrogens with one attached hydrogen (secondary N) is 1. The number of rotatable bonds is 12. The summed E-state index contributed by atoms with van der Waals surface area (Å²) in [5.74, 6) is 3.16. The third-order valence-electron chi connectivity index (χ3n) is 14.7. The van der Waals surface area contributed by atoms with Gasteiger partial charge in [-0.25, -0.2) is 14.8 Å². The van der Waals surface area contributed by atoms with Gasteiger partial charge < -0.3 is 29.7 Å². The number of carboxylic acid groups (broad SMARTS) is 1. The number of amides is 1. The van der Waals surface area contributed by atoms with Gasteiger partial charge in [0.05, 0.1) is 19.3 Å². The molecule has 1 unspecified atom stereocenters. The highest BCUT2D eigenvalue weighted by Crippen LogP contribution is 2.56. The summed E-state index contributed by atoms with van der Waals surface area (Å²) >= 11 is 6.35. The van der Waals surface area contributed by atoms with Crippen molar-refractivity contribution in [2.24, 2.45) is 11.8 Å². The number of anilines is 2. The van der Waals surface area contributed by atoms with E-state index in [1.165, 1.54) is 16.7 Å². The second kappa shape index (κ2) is 18.1. The first-order valence-electron chi connectivity index (χ1n) is 23.0. The minimum Gasteiger partial charge on any atom is -0.496 e. The number of carbonyl (C=O) groups is 2. The molecule has 3 aromatic carbocycles. The van der Waals surface area contributed by atoms with Gasteiger partial charge in [0.1, 0.15) is 22.9 Å². The van der Waals surface area contributed by atoms with Gasteiger partial charge in [0.25, 0.3) is 5.91 Å². The highest BCUT2D eigenvalue weighted by molar-refractivity contribution is 6.30. The number of carbonyl (C=O) groups excluding carboxylic acids is 1. The van der Waals surface area contributed by atoms with Crippen LogP contribution in [0.15, 0.2) is 91.3 Å². The van der Waals surface area contributed by atoms with Gasteiger partial charge in [0.2, 0.25) is 0 Å². The molecule has 3 aliphatic carbocycles. The monoisotopic (exact) mass is 882 g/mol. The van der Waals surface area contributed by atoms with Gasteiger partial charge in [-0.05, 0) is 154 Å². The Morgan fingerprint density at radius 1 is 0.953 bits per heavy atom. The topological polar surface area (TPSA) is 130 Å². The zero-order valence-electron chi connectivity index (χ0n) is 37.4. The summed E-state index contributed by atoms with van der Waals surface area (Å²) in [4.78, 5) is 46.2. The number of benzene rings is 3. The van der Waals surface area contributed by atoms with E-state index in [1.54, 1.807) is 25.4 Å². The molecule has 3 heterocycles. The lowest BCUT2D eigenvalue weighted by Crippen LogP contribution is -2.54. The van der Waals surface area contributed by atoms with Crippen LogP contribution in [0.2, 0.25) is 5.02 Å². The lowest BCUT2D eigenvalue weighted by molar-refractivity contribution is -0.144. The van der Waals surface area contributed by atoms with Crippen molar-refractivity contribution in [3.05, 3.63) is 124 Å². The predicted molar refractivity (Wildman–Crippen MR) is 251 cm³/mol.